The van der Waals surface area contributed by atoms with Crippen LogP contribution < -0.4 is 0 Å². The van der Waals surface area contributed by atoms with E-state index in [1.54, 1.807) is 0 Å². The fraction of sp³-hybridized carbons (Fsp3) is 0.417. The van der Waals surface area contributed by atoms with E-state index < -0.39 is 15.8 Å². The number of thioether (sulfide) groups is 1. The molecule has 2 N–H and O–H groups in total. The van der Waals surface area contributed by atoms with Crippen LogP contribution in [-0.4, -0.2) is 48.0 Å². The summed E-state index contributed by atoms with van der Waals surface area (Å²) < 4.78 is 23.9. The SMILES string of the molecule is CC(CO)SCCS(=O)(=O)c1ccc(C(=O)O)cc1. The molecular formula is C12H16O5S2. The maximum Gasteiger partial charge on any atom is 0.335 e. The molecule has 0 bridgehead atoms. The average Bonchev–Trinajstić information content (AvgIpc) is 2.38. The predicted molar refractivity (Wildman–Crippen MR) is 74.5 cm³/mol. The third-order valence-electron chi connectivity index (χ3n) is 2.47. The molecule has 19 heavy (non-hydrogen) atoms. The van der Waals surface area contributed by atoms with Crippen molar-refractivity contribution in [1.29, 1.82) is 0 Å². The summed E-state index contributed by atoms with van der Waals surface area (Å²) in [5.41, 5.74) is 0.0576. The Labute approximate surface area is 116 Å². The third kappa shape index (κ3) is 4.85. The van der Waals surface area contributed by atoms with E-state index in [1.807, 2.05) is 6.92 Å². The highest BCUT2D eigenvalue weighted by Gasteiger charge is 2.15. The predicted octanol–water partition coefficient (Wildman–Crippen LogP) is 1.27. The van der Waals surface area contributed by atoms with Gasteiger partial charge in [-0.2, -0.15) is 11.8 Å². The lowest BCUT2D eigenvalue weighted by Crippen LogP contribution is -2.12. The molecule has 0 radical (unpaired) electrons. The number of aliphatic hydroxyl groups is 1. The smallest absolute Gasteiger partial charge is 0.335 e. The third-order valence-corrected chi connectivity index (χ3v) is 5.62. The Balaban J connectivity index is 2.69. The van der Waals surface area contributed by atoms with E-state index in [2.05, 4.69) is 0 Å². The van der Waals surface area contributed by atoms with E-state index in [0.29, 0.717) is 5.75 Å². The van der Waals surface area contributed by atoms with Gasteiger partial charge in [0.1, 0.15) is 0 Å². The second-order valence-corrected chi connectivity index (χ2v) is 7.67. The molecule has 0 spiro atoms. The molecule has 0 heterocycles. The van der Waals surface area contributed by atoms with Crippen molar-refractivity contribution in [3.8, 4) is 0 Å². The van der Waals surface area contributed by atoms with Gasteiger partial charge >= 0.3 is 5.97 Å². The van der Waals surface area contributed by atoms with Gasteiger partial charge in [0.25, 0.3) is 0 Å². The molecule has 1 aromatic rings. The van der Waals surface area contributed by atoms with Gasteiger partial charge < -0.3 is 10.2 Å². The zero-order valence-electron chi connectivity index (χ0n) is 10.4. The van der Waals surface area contributed by atoms with Crippen LogP contribution in [-0.2, 0) is 9.84 Å². The van der Waals surface area contributed by atoms with Gasteiger partial charge in [0.2, 0.25) is 0 Å². The highest BCUT2D eigenvalue weighted by Crippen LogP contribution is 2.16. The molecule has 0 aliphatic rings. The van der Waals surface area contributed by atoms with Crippen LogP contribution in [0.3, 0.4) is 0 Å². The van der Waals surface area contributed by atoms with Crippen molar-refractivity contribution in [2.75, 3.05) is 18.1 Å². The van der Waals surface area contributed by atoms with Crippen molar-refractivity contribution in [1.82, 2.24) is 0 Å². The summed E-state index contributed by atoms with van der Waals surface area (Å²) in [7, 11) is -3.40. The quantitative estimate of drug-likeness (QED) is 0.788. The number of sulfone groups is 1. The van der Waals surface area contributed by atoms with Gasteiger partial charge in [-0.25, -0.2) is 13.2 Å². The van der Waals surface area contributed by atoms with Crippen molar-refractivity contribution < 1.29 is 23.4 Å². The summed E-state index contributed by atoms with van der Waals surface area (Å²) in [6.45, 7) is 1.83. The first-order valence-corrected chi connectivity index (χ1v) is 8.35. The van der Waals surface area contributed by atoms with E-state index in [4.69, 9.17) is 10.2 Å². The number of aliphatic hydroxyl groups excluding tert-OH is 1. The van der Waals surface area contributed by atoms with E-state index in [-0.39, 0.29) is 28.1 Å². The number of carbonyl (C=O) groups is 1. The minimum absolute atomic E-state index is 0.00425. The Morgan fingerprint density at radius 2 is 1.89 bits per heavy atom. The number of rotatable bonds is 7. The monoisotopic (exact) mass is 304 g/mol. The van der Waals surface area contributed by atoms with Gasteiger partial charge in [0.15, 0.2) is 9.84 Å². The molecule has 5 nitrogen and oxygen atoms in total. The molecule has 0 saturated heterocycles. The van der Waals surface area contributed by atoms with Gasteiger partial charge in [-0.1, -0.05) is 6.92 Å². The summed E-state index contributed by atoms with van der Waals surface area (Å²) in [6, 6.07) is 5.16. The number of benzene rings is 1. The van der Waals surface area contributed by atoms with Gasteiger partial charge in [0.05, 0.1) is 22.8 Å². The Morgan fingerprint density at radius 3 is 2.37 bits per heavy atom. The van der Waals surface area contributed by atoms with E-state index >= 15 is 0 Å². The van der Waals surface area contributed by atoms with Crippen molar-refractivity contribution in [3.05, 3.63) is 29.8 Å². The van der Waals surface area contributed by atoms with E-state index in [9.17, 15) is 13.2 Å². The van der Waals surface area contributed by atoms with Crippen molar-refractivity contribution >= 4 is 27.6 Å². The lowest BCUT2D eigenvalue weighted by atomic mass is 10.2. The normalized spacial score (nSPS) is 13.2. The Morgan fingerprint density at radius 1 is 1.32 bits per heavy atom. The van der Waals surface area contributed by atoms with Gasteiger partial charge in [-0.15, -0.1) is 0 Å². The molecule has 0 amide bonds. The van der Waals surface area contributed by atoms with Gasteiger partial charge in [0, 0.05) is 11.0 Å². The Hall–Kier alpha value is -1.05. The fourth-order valence-corrected chi connectivity index (χ4v) is 3.89. The minimum Gasteiger partial charge on any atom is -0.478 e. The van der Waals surface area contributed by atoms with Crippen molar-refractivity contribution in [2.45, 2.75) is 17.1 Å². The molecule has 106 valence electrons. The lowest BCUT2D eigenvalue weighted by molar-refractivity contribution is 0.0696. The van der Waals surface area contributed by atoms with Crippen LogP contribution in [0.4, 0.5) is 0 Å². The largest absolute Gasteiger partial charge is 0.478 e. The summed E-state index contributed by atoms with van der Waals surface area (Å²) in [6.07, 6.45) is 0. The first kappa shape index (κ1) is 16.0. The van der Waals surface area contributed by atoms with Crippen LogP contribution in [0.25, 0.3) is 0 Å². The molecule has 1 unspecified atom stereocenters. The number of hydrogen-bond acceptors (Lipinski definition) is 5. The molecule has 0 saturated carbocycles. The molecule has 1 atom stereocenters. The van der Waals surface area contributed by atoms with Gasteiger partial charge in [-0.3, -0.25) is 0 Å². The summed E-state index contributed by atoms with van der Waals surface area (Å²) in [5.74, 6) is -0.726. The van der Waals surface area contributed by atoms with Crippen LogP contribution in [0.5, 0.6) is 0 Å². The van der Waals surface area contributed by atoms with Crippen LogP contribution in [0.1, 0.15) is 17.3 Å². The van der Waals surface area contributed by atoms with Crippen LogP contribution >= 0.6 is 11.8 Å². The zero-order chi connectivity index (χ0) is 14.5. The van der Waals surface area contributed by atoms with Crippen molar-refractivity contribution in [3.63, 3.8) is 0 Å². The van der Waals surface area contributed by atoms with E-state index in [1.165, 1.54) is 36.0 Å². The minimum atomic E-state index is -3.40. The standard InChI is InChI=1S/C12H16O5S2/c1-9(8-13)18-6-7-19(16,17)11-4-2-10(3-5-11)12(14)15/h2-5,9,13H,6-8H2,1H3,(H,14,15). The number of carboxylic acid groups (broad SMARTS) is 1. The molecule has 0 aliphatic carbocycles. The fourth-order valence-electron chi connectivity index (χ4n) is 1.33. The number of carboxylic acids is 1. The number of hydrogen-bond donors (Lipinski definition) is 2. The first-order valence-electron chi connectivity index (χ1n) is 5.65. The molecule has 0 aliphatic heterocycles. The molecule has 1 rings (SSSR count). The summed E-state index contributed by atoms with van der Waals surface area (Å²) >= 11 is 1.38. The highest BCUT2D eigenvalue weighted by atomic mass is 32.2. The second-order valence-electron chi connectivity index (χ2n) is 4.01. The average molecular weight is 304 g/mol. The van der Waals surface area contributed by atoms with Crippen LogP contribution in [0, 0.1) is 0 Å². The molecule has 1 aromatic carbocycles. The molecule has 0 fully saturated rings. The first-order chi connectivity index (χ1) is 8.86. The number of aromatic carboxylic acids is 1. The Kier molecular flexibility index (Phi) is 5.84. The topological polar surface area (TPSA) is 91.7 Å². The highest BCUT2D eigenvalue weighted by molar-refractivity contribution is 8.01. The Bertz CT molecular complexity index is 522. The van der Waals surface area contributed by atoms with E-state index in [0.717, 1.165) is 0 Å². The van der Waals surface area contributed by atoms with Crippen LogP contribution in [0.2, 0.25) is 0 Å². The lowest BCUT2D eigenvalue weighted by Gasteiger charge is -2.08. The summed E-state index contributed by atoms with van der Waals surface area (Å²) in [4.78, 5) is 10.8. The van der Waals surface area contributed by atoms with Crippen molar-refractivity contribution in [2.24, 2.45) is 0 Å². The molecule has 0 aromatic heterocycles. The van der Waals surface area contributed by atoms with Gasteiger partial charge in [-0.05, 0) is 24.3 Å². The second kappa shape index (κ2) is 6.93. The zero-order valence-corrected chi connectivity index (χ0v) is 12.1. The molecule has 7 heteroatoms. The molecular weight excluding hydrogens is 288 g/mol. The maximum atomic E-state index is 12.0. The maximum absolute atomic E-state index is 12.0. The van der Waals surface area contributed by atoms with Crippen LogP contribution in [0.15, 0.2) is 29.2 Å². The summed E-state index contributed by atoms with van der Waals surface area (Å²) in [5, 5.41) is 17.6.